The van der Waals surface area contributed by atoms with E-state index in [4.69, 9.17) is 5.26 Å². The van der Waals surface area contributed by atoms with Crippen LogP contribution in [-0.4, -0.2) is 25.0 Å². The monoisotopic (exact) mass is 195 g/mol. The SMILES string of the molecule is CC1CCCC1NCC(=O)NCC#N. The molecule has 14 heavy (non-hydrogen) atoms. The lowest BCUT2D eigenvalue weighted by molar-refractivity contribution is -0.120. The van der Waals surface area contributed by atoms with E-state index in [1.807, 2.05) is 6.07 Å². The smallest absolute Gasteiger partial charge is 0.234 e. The molecule has 1 rings (SSSR count). The molecule has 4 nitrogen and oxygen atoms in total. The van der Waals surface area contributed by atoms with Gasteiger partial charge in [-0.05, 0) is 18.8 Å². The van der Waals surface area contributed by atoms with Crippen LogP contribution in [0.1, 0.15) is 26.2 Å². The van der Waals surface area contributed by atoms with Gasteiger partial charge in [-0.1, -0.05) is 13.3 Å². The van der Waals surface area contributed by atoms with Crippen molar-refractivity contribution in [2.75, 3.05) is 13.1 Å². The summed E-state index contributed by atoms with van der Waals surface area (Å²) in [4.78, 5) is 11.1. The molecule has 1 aliphatic carbocycles. The van der Waals surface area contributed by atoms with E-state index in [2.05, 4.69) is 17.6 Å². The Morgan fingerprint density at radius 1 is 1.57 bits per heavy atom. The minimum absolute atomic E-state index is 0.0920. The normalized spacial score (nSPS) is 25.7. The summed E-state index contributed by atoms with van der Waals surface area (Å²) in [6.07, 6.45) is 3.66. The third-order valence-electron chi connectivity index (χ3n) is 2.75. The second kappa shape index (κ2) is 5.61. The molecule has 0 aromatic heterocycles. The van der Waals surface area contributed by atoms with Crippen LogP contribution in [0, 0.1) is 17.2 Å². The van der Waals surface area contributed by atoms with Crippen molar-refractivity contribution in [2.24, 2.45) is 5.92 Å². The Balaban J connectivity index is 2.13. The second-order valence-corrected chi connectivity index (χ2v) is 3.83. The zero-order chi connectivity index (χ0) is 10.4. The summed E-state index contributed by atoms with van der Waals surface area (Å²) in [5, 5.41) is 14.0. The van der Waals surface area contributed by atoms with E-state index in [1.165, 1.54) is 12.8 Å². The van der Waals surface area contributed by atoms with Gasteiger partial charge in [-0.25, -0.2) is 0 Å². The summed E-state index contributed by atoms with van der Waals surface area (Å²) in [5.74, 6) is 0.574. The Morgan fingerprint density at radius 3 is 2.93 bits per heavy atom. The van der Waals surface area contributed by atoms with Crippen LogP contribution >= 0.6 is 0 Å². The molecule has 2 unspecified atom stereocenters. The van der Waals surface area contributed by atoms with Crippen LogP contribution < -0.4 is 10.6 Å². The molecule has 1 saturated carbocycles. The molecule has 0 aliphatic heterocycles. The first kappa shape index (κ1) is 11.0. The third-order valence-corrected chi connectivity index (χ3v) is 2.75. The highest BCUT2D eigenvalue weighted by molar-refractivity contribution is 5.78. The van der Waals surface area contributed by atoms with Gasteiger partial charge in [0.05, 0.1) is 12.6 Å². The van der Waals surface area contributed by atoms with Gasteiger partial charge in [-0.3, -0.25) is 4.79 Å². The van der Waals surface area contributed by atoms with Crippen molar-refractivity contribution in [1.82, 2.24) is 10.6 Å². The van der Waals surface area contributed by atoms with Gasteiger partial charge in [0.1, 0.15) is 6.54 Å². The molecule has 0 bridgehead atoms. The minimum atomic E-state index is -0.0920. The number of hydrogen-bond acceptors (Lipinski definition) is 3. The highest BCUT2D eigenvalue weighted by Crippen LogP contribution is 2.24. The Bertz CT molecular complexity index is 234. The predicted octanol–water partition coefficient (Wildman–Crippen LogP) is 0.404. The van der Waals surface area contributed by atoms with Crippen molar-refractivity contribution >= 4 is 5.91 Å². The molecular weight excluding hydrogens is 178 g/mol. The van der Waals surface area contributed by atoms with E-state index in [0.717, 1.165) is 6.42 Å². The Labute approximate surface area is 84.7 Å². The highest BCUT2D eigenvalue weighted by atomic mass is 16.1. The molecule has 0 spiro atoms. The summed E-state index contributed by atoms with van der Waals surface area (Å²) in [5.41, 5.74) is 0. The van der Waals surface area contributed by atoms with Crippen LogP contribution in [0.2, 0.25) is 0 Å². The van der Waals surface area contributed by atoms with Crippen molar-refractivity contribution < 1.29 is 4.79 Å². The van der Waals surface area contributed by atoms with Gasteiger partial charge in [-0.2, -0.15) is 5.26 Å². The van der Waals surface area contributed by atoms with Gasteiger partial charge in [-0.15, -0.1) is 0 Å². The van der Waals surface area contributed by atoms with Crippen LogP contribution in [0.25, 0.3) is 0 Å². The van der Waals surface area contributed by atoms with Crippen molar-refractivity contribution in [3.8, 4) is 6.07 Å². The zero-order valence-electron chi connectivity index (χ0n) is 8.55. The average Bonchev–Trinajstić information content (AvgIpc) is 2.58. The van der Waals surface area contributed by atoms with Crippen molar-refractivity contribution in [3.05, 3.63) is 0 Å². The molecule has 0 radical (unpaired) electrons. The highest BCUT2D eigenvalue weighted by Gasteiger charge is 2.22. The quantitative estimate of drug-likeness (QED) is 0.638. The van der Waals surface area contributed by atoms with Gasteiger partial charge in [0.15, 0.2) is 0 Å². The molecule has 4 heteroatoms. The number of nitriles is 1. The Morgan fingerprint density at radius 2 is 2.36 bits per heavy atom. The van der Waals surface area contributed by atoms with E-state index in [1.54, 1.807) is 0 Å². The zero-order valence-corrected chi connectivity index (χ0v) is 8.55. The number of nitrogens with zero attached hydrogens (tertiary/aromatic N) is 1. The average molecular weight is 195 g/mol. The van der Waals surface area contributed by atoms with Crippen molar-refractivity contribution in [2.45, 2.75) is 32.2 Å². The molecule has 78 valence electrons. The van der Waals surface area contributed by atoms with Gasteiger partial charge in [0.25, 0.3) is 0 Å². The summed E-state index contributed by atoms with van der Waals surface area (Å²) in [6, 6.07) is 2.35. The maximum Gasteiger partial charge on any atom is 0.234 e. The summed E-state index contributed by atoms with van der Waals surface area (Å²) in [7, 11) is 0. The van der Waals surface area contributed by atoms with E-state index in [-0.39, 0.29) is 12.5 Å². The summed E-state index contributed by atoms with van der Waals surface area (Å²) >= 11 is 0. The molecular formula is C10H17N3O. The van der Waals surface area contributed by atoms with Crippen LogP contribution in [0.4, 0.5) is 0 Å². The van der Waals surface area contributed by atoms with Crippen molar-refractivity contribution in [1.29, 1.82) is 5.26 Å². The molecule has 1 fully saturated rings. The Kier molecular flexibility index (Phi) is 4.41. The molecule has 2 atom stereocenters. The van der Waals surface area contributed by atoms with E-state index < -0.39 is 0 Å². The van der Waals surface area contributed by atoms with Crippen LogP contribution in [0.5, 0.6) is 0 Å². The first-order valence-electron chi connectivity index (χ1n) is 5.11. The summed E-state index contributed by atoms with van der Waals surface area (Å²) in [6.45, 7) is 2.63. The molecule has 0 aromatic rings. The molecule has 0 heterocycles. The number of rotatable bonds is 4. The topological polar surface area (TPSA) is 64.9 Å². The lowest BCUT2D eigenvalue weighted by Gasteiger charge is -2.16. The van der Waals surface area contributed by atoms with Crippen LogP contribution in [0.15, 0.2) is 0 Å². The maximum atomic E-state index is 11.1. The van der Waals surface area contributed by atoms with E-state index in [0.29, 0.717) is 18.5 Å². The third kappa shape index (κ3) is 3.35. The predicted molar refractivity (Wildman–Crippen MR) is 53.4 cm³/mol. The number of carbonyl (C=O) groups excluding carboxylic acids is 1. The lowest BCUT2D eigenvalue weighted by atomic mass is 10.1. The van der Waals surface area contributed by atoms with Crippen LogP contribution in [0.3, 0.4) is 0 Å². The van der Waals surface area contributed by atoms with Gasteiger partial charge < -0.3 is 10.6 Å². The largest absolute Gasteiger partial charge is 0.342 e. The number of carbonyl (C=O) groups is 1. The van der Waals surface area contributed by atoms with E-state index >= 15 is 0 Å². The molecule has 0 saturated heterocycles. The molecule has 1 amide bonds. The fourth-order valence-electron chi connectivity index (χ4n) is 1.87. The number of hydrogen-bond donors (Lipinski definition) is 2. The minimum Gasteiger partial charge on any atom is -0.342 e. The van der Waals surface area contributed by atoms with E-state index in [9.17, 15) is 4.79 Å². The van der Waals surface area contributed by atoms with Gasteiger partial charge >= 0.3 is 0 Å². The molecule has 2 N–H and O–H groups in total. The molecule has 1 aliphatic rings. The first-order chi connectivity index (χ1) is 6.74. The number of nitrogens with one attached hydrogen (secondary N) is 2. The lowest BCUT2D eigenvalue weighted by Crippen LogP contribution is -2.40. The fraction of sp³-hybridized carbons (Fsp3) is 0.800. The van der Waals surface area contributed by atoms with Gasteiger partial charge in [0.2, 0.25) is 5.91 Å². The summed E-state index contributed by atoms with van der Waals surface area (Å²) < 4.78 is 0. The standard InChI is InChI=1S/C10H17N3O/c1-8-3-2-4-9(8)13-7-10(14)12-6-5-11/h8-9,13H,2-4,6-7H2,1H3,(H,12,14). The molecule has 0 aromatic carbocycles. The Hall–Kier alpha value is -1.08. The van der Waals surface area contributed by atoms with Crippen molar-refractivity contribution in [3.63, 3.8) is 0 Å². The second-order valence-electron chi connectivity index (χ2n) is 3.83. The fourth-order valence-corrected chi connectivity index (χ4v) is 1.87. The maximum absolute atomic E-state index is 11.1. The first-order valence-corrected chi connectivity index (χ1v) is 5.11. The van der Waals surface area contributed by atoms with Gasteiger partial charge in [0, 0.05) is 6.04 Å². The number of amides is 1. The van der Waals surface area contributed by atoms with Crippen LogP contribution in [-0.2, 0) is 4.79 Å².